The highest BCUT2D eigenvalue weighted by Crippen LogP contribution is 2.29. The van der Waals surface area contributed by atoms with Gasteiger partial charge < -0.3 is 27.4 Å². The molecular weight excluding hydrogens is 480 g/mol. The Labute approximate surface area is 222 Å². The van der Waals surface area contributed by atoms with Crippen molar-refractivity contribution >= 4 is 23.7 Å². The first-order valence-electron chi connectivity index (χ1n) is 12.4. The molecule has 0 spiro atoms. The zero-order chi connectivity index (χ0) is 27.5. The van der Waals surface area contributed by atoms with E-state index in [9.17, 15) is 14.4 Å². The number of carbonyl (C=O) groups excluding carboxylic acids is 3. The van der Waals surface area contributed by atoms with Crippen LogP contribution in [0.5, 0.6) is 0 Å². The lowest BCUT2D eigenvalue weighted by Crippen LogP contribution is -2.49. The topological polar surface area (TPSA) is 157 Å². The summed E-state index contributed by atoms with van der Waals surface area (Å²) in [6.45, 7) is 0.425. The molecule has 0 radical (unpaired) electrons. The number of hydrogen-bond donors (Lipinski definition) is 4. The summed E-state index contributed by atoms with van der Waals surface area (Å²) in [5, 5.41) is 2.59. The van der Waals surface area contributed by atoms with Crippen molar-refractivity contribution in [2.45, 2.75) is 31.3 Å². The monoisotopic (exact) mass is 514 g/mol. The molecule has 3 amide bonds. The lowest BCUT2D eigenvalue weighted by molar-refractivity contribution is -0.141. The van der Waals surface area contributed by atoms with Crippen molar-refractivity contribution in [1.82, 2.24) is 10.2 Å². The zero-order valence-electron chi connectivity index (χ0n) is 21.4. The van der Waals surface area contributed by atoms with Crippen LogP contribution in [0.15, 0.2) is 89.9 Å². The maximum Gasteiger partial charge on any atom is 0.251 e. The lowest BCUT2D eigenvalue weighted by Gasteiger charge is -2.33. The van der Waals surface area contributed by atoms with Crippen molar-refractivity contribution in [1.29, 1.82) is 0 Å². The fourth-order valence-corrected chi connectivity index (χ4v) is 4.32. The van der Waals surface area contributed by atoms with Crippen LogP contribution in [0, 0.1) is 0 Å². The van der Waals surface area contributed by atoms with Crippen LogP contribution in [0.4, 0.5) is 0 Å². The van der Waals surface area contributed by atoms with Gasteiger partial charge in [-0.3, -0.25) is 19.4 Å². The Hall–Kier alpha value is -4.66. The van der Waals surface area contributed by atoms with Crippen LogP contribution in [0.1, 0.15) is 45.8 Å². The summed E-state index contributed by atoms with van der Waals surface area (Å²) in [7, 11) is 1.56. The van der Waals surface area contributed by atoms with Crippen molar-refractivity contribution in [2.75, 3.05) is 13.6 Å². The highest BCUT2D eigenvalue weighted by molar-refractivity contribution is 5.94. The van der Waals surface area contributed by atoms with E-state index in [1.165, 1.54) is 4.90 Å². The fraction of sp³-hybridized carbons (Fsp3) is 0.241. The van der Waals surface area contributed by atoms with E-state index < -0.39 is 17.9 Å². The molecule has 7 N–H and O–H groups in total. The molecule has 0 aliphatic rings. The molecule has 3 rings (SSSR count). The molecule has 3 aromatic rings. The minimum Gasteiger partial charge on any atom is -0.370 e. The van der Waals surface area contributed by atoms with Crippen LogP contribution in [0.2, 0.25) is 0 Å². The molecule has 9 nitrogen and oxygen atoms in total. The Morgan fingerprint density at radius 1 is 0.842 bits per heavy atom. The van der Waals surface area contributed by atoms with Gasteiger partial charge in [-0.1, -0.05) is 72.8 Å². The molecule has 198 valence electrons. The molecule has 0 aliphatic heterocycles. The van der Waals surface area contributed by atoms with Crippen molar-refractivity contribution in [3.8, 4) is 0 Å². The number of nitrogens with zero attached hydrogens (tertiary/aromatic N) is 2. The van der Waals surface area contributed by atoms with Crippen LogP contribution >= 0.6 is 0 Å². The van der Waals surface area contributed by atoms with E-state index >= 15 is 0 Å². The van der Waals surface area contributed by atoms with Gasteiger partial charge in [-0.15, -0.1) is 0 Å². The van der Waals surface area contributed by atoms with Gasteiger partial charge >= 0.3 is 0 Å². The number of hydrogen-bond acceptors (Lipinski definition) is 4. The predicted molar refractivity (Wildman–Crippen MR) is 148 cm³/mol. The molecule has 0 aromatic heterocycles. The molecule has 0 aliphatic carbocycles. The van der Waals surface area contributed by atoms with Crippen LogP contribution in [0.25, 0.3) is 0 Å². The van der Waals surface area contributed by atoms with Crippen molar-refractivity contribution < 1.29 is 14.4 Å². The van der Waals surface area contributed by atoms with Gasteiger partial charge in [0, 0.05) is 25.7 Å². The summed E-state index contributed by atoms with van der Waals surface area (Å²) in [6.07, 6.45) is 0.733. The molecule has 38 heavy (non-hydrogen) atoms. The molecule has 9 heteroatoms. The molecule has 0 bridgehead atoms. The van der Waals surface area contributed by atoms with Gasteiger partial charge in [-0.2, -0.15) is 0 Å². The van der Waals surface area contributed by atoms with E-state index in [1.807, 2.05) is 60.7 Å². The summed E-state index contributed by atoms with van der Waals surface area (Å²) in [6, 6.07) is 24.8. The van der Waals surface area contributed by atoms with E-state index in [0.717, 1.165) is 16.7 Å². The molecule has 0 fully saturated rings. The number of primary amides is 1. The van der Waals surface area contributed by atoms with Crippen LogP contribution < -0.4 is 22.5 Å². The predicted octanol–water partition coefficient (Wildman–Crippen LogP) is 2.11. The van der Waals surface area contributed by atoms with E-state index in [2.05, 4.69) is 10.3 Å². The Morgan fingerprint density at radius 2 is 1.39 bits per heavy atom. The summed E-state index contributed by atoms with van der Waals surface area (Å²) in [5.74, 6) is -1.79. The number of rotatable bonds is 12. The van der Waals surface area contributed by atoms with Gasteiger partial charge in [0.1, 0.15) is 6.04 Å². The zero-order valence-corrected chi connectivity index (χ0v) is 21.4. The Morgan fingerprint density at radius 3 is 1.87 bits per heavy atom. The van der Waals surface area contributed by atoms with Crippen molar-refractivity contribution in [3.05, 3.63) is 107 Å². The number of carbonyl (C=O) groups is 3. The standard InChI is InChI=1S/C29H34N6O3/c1-33-27(37)23-16-14-20(15-17-23)19-35(24(26(30)36)13-8-18-34-29(31)32)28(38)25(21-9-4-2-5-10-21)22-11-6-3-7-12-22/h2-7,9-12,14-17,24-25H,8,13,18-19H2,1H3,(H2,30,36)(H,33,37)(H4,31,32,34)/t24-/m1/s1. The number of aliphatic imine (C=N–C) groups is 1. The summed E-state index contributed by atoms with van der Waals surface area (Å²) in [4.78, 5) is 44.6. The van der Waals surface area contributed by atoms with Gasteiger partial charge in [0.05, 0.1) is 5.92 Å². The smallest absolute Gasteiger partial charge is 0.251 e. The first kappa shape index (κ1) is 27.9. The van der Waals surface area contributed by atoms with E-state index in [0.29, 0.717) is 18.5 Å². The normalized spacial score (nSPS) is 11.4. The third-order valence-electron chi connectivity index (χ3n) is 6.23. The van der Waals surface area contributed by atoms with E-state index in [4.69, 9.17) is 17.2 Å². The first-order valence-corrected chi connectivity index (χ1v) is 12.4. The number of nitrogens with two attached hydrogens (primary N) is 3. The number of benzene rings is 3. The number of nitrogens with one attached hydrogen (secondary N) is 1. The molecule has 0 saturated carbocycles. The van der Waals surface area contributed by atoms with Crippen LogP contribution in [-0.4, -0.2) is 48.2 Å². The first-order chi connectivity index (χ1) is 18.3. The quantitative estimate of drug-likeness (QED) is 0.165. The second kappa shape index (κ2) is 13.6. The third kappa shape index (κ3) is 7.42. The largest absolute Gasteiger partial charge is 0.370 e. The fourth-order valence-electron chi connectivity index (χ4n) is 4.32. The third-order valence-corrected chi connectivity index (χ3v) is 6.23. The molecule has 3 aromatic carbocycles. The van der Waals surface area contributed by atoms with Gasteiger partial charge in [0.15, 0.2) is 5.96 Å². The molecule has 0 unspecified atom stereocenters. The average molecular weight is 515 g/mol. The van der Waals surface area contributed by atoms with Crippen LogP contribution in [-0.2, 0) is 16.1 Å². The van der Waals surface area contributed by atoms with Gasteiger partial charge in [0.25, 0.3) is 5.91 Å². The summed E-state index contributed by atoms with van der Waals surface area (Å²) < 4.78 is 0. The number of guanidine groups is 1. The van der Waals surface area contributed by atoms with Crippen molar-refractivity contribution in [3.63, 3.8) is 0 Å². The van der Waals surface area contributed by atoms with E-state index in [1.54, 1.807) is 31.3 Å². The SMILES string of the molecule is CNC(=O)c1ccc(CN(C(=O)C(c2ccccc2)c2ccccc2)[C@H](CCCN=C(N)N)C(N)=O)cc1. The maximum absolute atomic E-state index is 14.3. The number of amides is 3. The minimum absolute atomic E-state index is 0.0435. The highest BCUT2D eigenvalue weighted by Gasteiger charge is 2.34. The maximum atomic E-state index is 14.3. The highest BCUT2D eigenvalue weighted by atomic mass is 16.2. The van der Waals surface area contributed by atoms with Gasteiger partial charge in [-0.05, 0) is 41.7 Å². The average Bonchev–Trinajstić information content (AvgIpc) is 2.93. The Balaban J connectivity index is 2.02. The molecule has 1 atom stereocenters. The second-order valence-corrected chi connectivity index (χ2v) is 8.86. The minimum atomic E-state index is -0.898. The lowest BCUT2D eigenvalue weighted by atomic mass is 9.89. The van der Waals surface area contributed by atoms with Crippen molar-refractivity contribution in [2.24, 2.45) is 22.2 Å². The second-order valence-electron chi connectivity index (χ2n) is 8.86. The Bertz CT molecular complexity index is 1200. The summed E-state index contributed by atoms with van der Waals surface area (Å²) in [5.41, 5.74) is 19.6. The Kier molecular flexibility index (Phi) is 9.99. The van der Waals surface area contributed by atoms with Gasteiger partial charge in [0.2, 0.25) is 11.8 Å². The van der Waals surface area contributed by atoms with Crippen LogP contribution in [0.3, 0.4) is 0 Å². The molecular formula is C29H34N6O3. The van der Waals surface area contributed by atoms with E-state index in [-0.39, 0.29) is 30.7 Å². The molecule has 0 saturated heterocycles. The molecule has 0 heterocycles. The summed E-state index contributed by atoms with van der Waals surface area (Å²) >= 11 is 0. The van der Waals surface area contributed by atoms with Gasteiger partial charge in [-0.25, -0.2) is 0 Å².